The van der Waals surface area contributed by atoms with Crippen molar-refractivity contribution < 1.29 is 24.0 Å². The van der Waals surface area contributed by atoms with E-state index in [1.54, 1.807) is 18.2 Å². The van der Waals surface area contributed by atoms with E-state index in [9.17, 15) is 24.0 Å². The molecule has 224 valence electrons. The summed E-state index contributed by atoms with van der Waals surface area (Å²) in [5.41, 5.74) is 7.00. The van der Waals surface area contributed by atoms with Crippen molar-refractivity contribution in [3.63, 3.8) is 0 Å². The Morgan fingerprint density at radius 2 is 1.58 bits per heavy atom. The average molecular weight is 587 g/mol. The van der Waals surface area contributed by atoms with E-state index < -0.39 is 29.7 Å². The number of nitrogens with zero attached hydrogens (tertiary/aromatic N) is 6. The van der Waals surface area contributed by atoms with Gasteiger partial charge in [-0.1, -0.05) is 0 Å². The number of aromatic nitrogens is 2. The van der Waals surface area contributed by atoms with Gasteiger partial charge in [0.25, 0.3) is 17.7 Å². The van der Waals surface area contributed by atoms with Crippen LogP contribution in [0, 0.1) is 17.8 Å². The Balaban J connectivity index is 0.922. The molecule has 0 saturated carbocycles. The molecule has 7 rings (SSSR count). The second-order valence-electron chi connectivity index (χ2n) is 12.4. The SMILES string of the molecule is NC(=O)c1ccc(N2CCC(CN3CC4CN(c5ccc6c(c5)C(=O)N(C5CCC(=O)NC5=O)C6=O)CC4C3)CC2)nn1. The lowest BCUT2D eigenvalue weighted by atomic mass is 9.96. The number of piperidine rings is 2. The highest BCUT2D eigenvalue weighted by atomic mass is 16.2. The first-order valence-corrected chi connectivity index (χ1v) is 15.0. The van der Waals surface area contributed by atoms with E-state index in [2.05, 4.69) is 30.2 Å². The highest BCUT2D eigenvalue weighted by Gasteiger charge is 2.46. The van der Waals surface area contributed by atoms with Crippen molar-refractivity contribution in [3.05, 3.63) is 47.2 Å². The normalized spacial score (nSPS) is 26.2. The lowest BCUT2D eigenvalue weighted by molar-refractivity contribution is -0.136. The minimum Gasteiger partial charge on any atom is -0.371 e. The summed E-state index contributed by atoms with van der Waals surface area (Å²) in [5, 5.41) is 10.3. The molecule has 3 N–H and O–H groups in total. The number of hydrogen-bond donors (Lipinski definition) is 2. The quantitative estimate of drug-likeness (QED) is 0.449. The van der Waals surface area contributed by atoms with Crippen molar-refractivity contribution in [1.82, 2.24) is 25.3 Å². The number of primary amides is 1. The summed E-state index contributed by atoms with van der Waals surface area (Å²) < 4.78 is 0. The molecular weight excluding hydrogens is 552 g/mol. The van der Waals surface area contributed by atoms with E-state index in [4.69, 9.17) is 5.73 Å². The molecule has 0 bridgehead atoms. The zero-order valence-electron chi connectivity index (χ0n) is 23.8. The Bertz CT molecular complexity index is 1490. The number of carbonyl (C=O) groups is 5. The van der Waals surface area contributed by atoms with E-state index in [1.807, 2.05) is 12.1 Å². The molecule has 3 atom stereocenters. The Kier molecular flexibility index (Phi) is 6.83. The summed E-state index contributed by atoms with van der Waals surface area (Å²) in [7, 11) is 0. The number of amides is 5. The predicted octanol–water partition coefficient (Wildman–Crippen LogP) is 0.261. The molecule has 5 aliphatic heterocycles. The molecule has 4 fully saturated rings. The van der Waals surface area contributed by atoms with Gasteiger partial charge in [0.05, 0.1) is 11.1 Å². The second kappa shape index (κ2) is 10.7. The van der Waals surface area contributed by atoms with Crippen LogP contribution in [0.5, 0.6) is 0 Å². The summed E-state index contributed by atoms with van der Waals surface area (Å²) in [6, 6.07) is 7.86. The Labute approximate surface area is 248 Å². The molecule has 5 aliphatic rings. The molecule has 5 amide bonds. The fraction of sp³-hybridized carbons (Fsp3) is 0.500. The number of likely N-dealkylation sites (tertiary alicyclic amines) is 1. The average Bonchev–Trinajstić information content (AvgIpc) is 3.64. The highest BCUT2D eigenvalue weighted by molar-refractivity contribution is 6.23. The van der Waals surface area contributed by atoms with Crippen molar-refractivity contribution in [3.8, 4) is 0 Å². The fourth-order valence-corrected chi connectivity index (χ4v) is 7.44. The topological polar surface area (TPSA) is 162 Å². The van der Waals surface area contributed by atoms with Crippen LogP contribution in [-0.4, -0.2) is 101 Å². The summed E-state index contributed by atoms with van der Waals surface area (Å²) in [6.45, 7) is 6.79. The van der Waals surface area contributed by atoms with Crippen LogP contribution in [0.1, 0.15) is 56.9 Å². The first-order chi connectivity index (χ1) is 20.7. The first kappa shape index (κ1) is 27.4. The molecule has 4 saturated heterocycles. The van der Waals surface area contributed by atoms with E-state index in [0.29, 0.717) is 28.9 Å². The number of hydrogen-bond acceptors (Lipinski definition) is 10. The van der Waals surface area contributed by atoms with Gasteiger partial charge < -0.3 is 20.4 Å². The van der Waals surface area contributed by atoms with E-state index >= 15 is 0 Å². The zero-order valence-corrected chi connectivity index (χ0v) is 23.8. The maximum absolute atomic E-state index is 13.3. The van der Waals surface area contributed by atoms with Gasteiger partial charge in [0.1, 0.15) is 6.04 Å². The van der Waals surface area contributed by atoms with Crippen molar-refractivity contribution in [2.45, 2.75) is 31.7 Å². The number of anilines is 2. The van der Waals surface area contributed by atoms with Crippen LogP contribution < -0.4 is 20.9 Å². The number of nitrogens with one attached hydrogen (secondary N) is 1. The largest absolute Gasteiger partial charge is 0.371 e. The third-order valence-electron chi connectivity index (χ3n) is 9.71. The van der Waals surface area contributed by atoms with E-state index in [0.717, 1.165) is 75.1 Å². The fourth-order valence-electron chi connectivity index (χ4n) is 7.44. The molecular formula is C30H34N8O5. The van der Waals surface area contributed by atoms with Gasteiger partial charge in [-0.2, -0.15) is 0 Å². The van der Waals surface area contributed by atoms with Crippen LogP contribution in [0.4, 0.5) is 11.5 Å². The van der Waals surface area contributed by atoms with E-state index in [1.165, 1.54) is 0 Å². The number of benzene rings is 1. The molecule has 2 aromatic rings. The van der Waals surface area contributed by atoms with Crippen LogP contribution in [0.25, 0.3) is 0 Å². The number of nitrogens with two attached hydrogens (primary N) is 1. The summed E-state index contributed by atoms with van der Waals surface area (Å²) in [6.07, 6.45) is 2.41. The van der Waals surface area contributed by atoms with Crippen molar-refractivity contribution >= 4 is 41.0 Å². The van der Waals surface area contributed by atoms with Crippen LogP contribution >= 0.6 is 0 Å². The van der Waals surface area contributed by atoms with Gasteiger partial charge in [-0.05, 0) is 67.3 Å². The van der Waals surface area contributed by atoms with Crippen LogP contribution in [0.15, 0.2) is 30.3 Å². The molecule has 43 heavy (non-hydrogen) atoms. The Morgan fingerprint density at radius 3 is 2.23 bits per heavy atom. The van der Waals surface area contributed by atoms with Crippen LogP contribution in [0.2, 0.25) is 0 Å². The summed E-state index contributed by atoms with van der Waals surface area (Å²) in [5.74, 6) is -0.0129. The molecule has 0 radical (unpaired) electrons. The molecule has 13 heteroatoms. The molecule has 13 nitrogen and oxygen atoms in total. The van der Waals surface area contributed by atoms with Gasteiger partial charge in [-0.25, -0.2) is 0 Å². The van der Waals surface area contributed by atoms with Crippen molar-refractivity contribution in [2.24, 2.45) is 23.5 Å². The Hall–Kier alpha value is -4.39. The second-order valence-corrected chi connectivity index (χ2v) is 12.4. The van der Waals surface area contributed by atoms with Crippen molar-refractivity contribution in [2.75, 3.05) is 55.6 Å². The van der Waals surface area contributed by atoms with Gasteiger partial charge in [0.15, 0.2) is 11.5 Å². The monoisotopic (exact) mass is 586 g/mol. The van der Waals surface area contributed by atoms with Gasteiger partial charge >= 0.3 is 0 Å². The third kappa shape index (κ3) is 5.01. The van der Waals surface area contributed by atoms with Crippen LogP contribution in [0.3, 0.4) is 0 Å². The standard InChI is InChI=1S/C30H34N8O5/c31-27(40)23-3-5-25(34-33-23)36-9-7-17(8-10-36)12-35-13-18-15-37(16-19(18)14-35)20-1-2-21-22(11-20)30(43)38(29(21)42)24-4-6-26(39)32-28(24)41/h1-3,5,11,17-19,24H,4,6-10,12-16H2,(H2,31,40)(H,32,39,41). The third-order valence-corrected chi connectivity index (χ3v) is 9.71. The molecule has 0 aliphatic carbocycles. The van der Waals surface area contributed by atoms with E-state index in [-0.39, 0.29) is 24.4 Å². The minimum absolute atomic E-state index is 0.102. The number of imide groups is 2. The first-order valence-electron chi connectivity index (χ1n) is 15.0. The molecule has 6 heterocycles. The maximum atomic E-state index is 13.3. The Morgan fingerprint density at radius 1 is 0.860 bits per heavy atom. The smallest absolute Gasteiger partial charge is 0.269 e. The van der Waals surface area contributed by atoms with Gasteiger partial charge in [0, 0.05) is 57.9 Å². The summed E-state index contributed by atoms with van der Waals surface area (Å²) in [4.78, 5) is 69.6. The maximum Gasteiger partial charge on any atom is 0.269 e. The molecule has 1 aromatic heterocycles. The summed E-state index contributed by atoms with van der Waals surface area (Å²) >= 11 is 0. The number of fused-ring (bicyclic) bond motifs is 2. The molecule has 1 aromatic carbocycles. The highest BCUT2D eigenvalue weighted by Crippen LogP contribution is 2.37. The molecule has 0 spiro atoms. The number of rotatable bonds is 6. The zero-order chi connectivity index (χ0) is 29.8. The lowest BCUT2D eigenvalue weighted by Crippen LogP contribution is -2.54. The lowest BCUT2D eigenvalue weighted by Gasteiger charge is -2.34. The predicted molar refractivity (Wildman–Crippen MR) is 154 cm³/mol. The van der Waals surface area contributed by atoms with Crippen LogP contribution in [-0.2, 0) is 9.59 Å². The van der Waals surface area contributed by atoms with Gasteiger partial charge in [-0.15, -0.1) is 10.2 Å². The minimum atomic E-state index is -0.957. The van der Waals surface area contributed by atoms with Gasteiger partial charge in [0.2, 0.25) is 11.8 Å². The number of carbonyl (C=O) groups excluding carboxylic acids is 5. The molecule has 3 unspecified atom stereocenters. The van der Waals surface area contributed by atoms with Gasteiger partial charge in [-0.3, -0.25) is 34.2 Å². The van der Waals surface area contributed by atoms with Crippen molar-refractivity contribution in [1.29, 1.82) is 0 Å².